The fourth-order valence-electron chi connectivity index (χ4n) is 1.75. The summed E-state index contributed by atoms with van der Waals surface area (Å²) in [5, 5.41) is 9.46. The average Bonchev–Trinajstić information content (AvgIpc) is 2.35. The molecule has 5 nitrogen and oxygen atoms in total. The summed E-state index contributed by atoms with van der Waals surface area (Å²) >= 11 is 0. The van der Waals surface area contributed by atoms with Gasteiger partial charge in [-0.3, -0.25) is 0 Å². The Morgan fingerprint density at radius 2 is 1.94 bits per heavy atom. The van der Waals surface area contributed by atoms with Crippen LogP contribution in [0.2, 0.25) is 0 Å². The van der Waals surface area contributed by atoms with E-state index in [0.717, 1.165) is 0 Å². The number of hydrogen-bond donors (Lipinski definition) is 1. The lowest BCUT2D eigenvalue weighted by molar-refractivity contribution is 0.0600. The van der Waals surface area contributed by atoms with Crippen molar-refractivity contribution in [3.05, 3.63) is 23.3 Å². The molecule has 5 heteroatoms. The molecule has 0 saturated heterocycles. The number of methoxy groups -OCH3 is 3. The van der Waals surface area contributed by atoms with Gasteiger partial charge < -0.3 is 19.3 Å². The topological polar surface area (TPSA) is 65.0 Å². The third-order valence-corrected chi connectivity index (χ3v) is 2.49. The predicted molar refractivity (Wildman–Crippen MR) is 66.3 cm³/mol. The van der Waals surface area contributed by atoms with Crippen LogP contribution in [0.15, 0.2) is 12.1 Å². The third-order valence-electron chi connectivity index (χ3n) is 2.49. The van der Waals surface area contributed by atoms with Crippen LogP contribution in [-0.4, -0.2) is 38.5 Å². The van der Waals surface area contributed by atoms with Crippen molar-refractivity contribution in [3.8, 4) is 11.5 Å². The van der Waals surface area contributed by atoms with Gasteiger partial charge in [-0.1, -0.05) is 0 Å². The normalized spacial score (nSPS) is 11.8. The zero-order chi connectivity index (χ0) is 13.7. The molecule has 100 valence electrons. The van der Waals surface area contributed by atoms with E-state index in [1.807, 2.05) is 0 Å². The second kappa shape index (κ2) is 6.26. The molecule has 1 unspecified atom stereocenters. The molecular formula is C13H18O5. The fraction of sp³-hybridized carbons (Fsp3) is 0.462. The van der Waals surface area contributed by atoms with Crippen LogP contribution in [0.4, 0.5) is 0 Å². The predicted octanol–water partition coefficient (Wildman–Crippen LogP) is 1.41. The maximum atomic E-state index is 11.5. The van der Waals surface area contributed by atoms with Gasteiger partial charge in [0.1, 0.15) is 0 Å². The number of esters is 1. The van der Waals surface area contributed by atoms with Gasteiger partial charge >= 0.3 is 5.97 Å². The van der Waals surface area contributed by atoms with E-state index in [1.165, 1.54) is 21.3 Å². The lowest BCUT2D eigenvalue weighted by Gasteiger charge is -2.15. The number of carbonyl (C=O) groups excluding carboxylic acids is 1. The molecule has 1 rings (SSSR count). The molecule has 1 aromatic carbocycles. The Morgan fingerprint density at radius 1 is 1.28 bits per heavy atom. The molecule has 1 atom stereocenters. The Labute approximate surface area is 106 Å². The molecule has 0 saturated carbocycles. The average molecular weight is 254 g/mol. The Balaban J connectivity index is 3.30. The lowest BCUT2D eigenvalue weighted by atomic mass is 10.0. The van der Waals surface area contributed by atoms with Crippen LogP contribution < -0.4 is 9.47 Å². The van der Waals surface area contributed by atoms with Crippen LogP contribution in [-0.2, 0) is 11.2 Å². The molecule has 1 N–H and O–H groups in total. The molecule has 0 fully saturated rings. The highest BCUT2D eigenvalue weighted by Crippen LogP contribution is 2.33. The Morgan fingerprint density at radius 3 is 2.39 bits per heavy atom. The van der Waals surface area contributed by atoms with E-state index in [9.17, 15) is 9.90 Å². The number of aliphatic hydroxyl groups is 1. The van der Waals surface area contributed by atoms with Crippen LogP contribution in [0, 0.1) is 0 Å². The van der Waals surface area contributed by atoms with E-state index >= 15 is 0 Å². The minimum atomic E-state index is -0.545. The molecule has 0 bridgehead atoms. The first-order valence-corrected chi connectivity index (χ1v) is 5.54. The van der Waals surface area contributed by atoms with Crippen molar-refractivity contribution in [2.75, 3.05) is 21.3 Å². The molecule has 0 spiro atoms. The van der Waals surface area contributed by atoms with E-state index < -0.39 is 12.1 Å². The number of hydrogen-bond acceptors (Lipinski definition) is 5. The first-order valence-electron chi connectivity index (χ1n) is 5.54. The summed E-state index contributed by atoms with van der Waals surface area (Å²) in [6.45, 7) is 1.66. The Bertz CT molecular complexity index is 426. The number of aliphatic hydroxyl groups excluding tert-OH is 1. The molecule has 0 aliphatic rings. The molecule has 0 aliphatic heterocycles. The number of rotatable bonds is 5. The number of ether oxygens (including phenoxy) is 3. The number of benzene rings is 1. The van der Waals surface area contributed by atoms with Crippen molar-refractivity contribution in [3.63, 3.8) is 0 Å². The summed E-state index contributed by atoms with van der Waals surface area (Å²) in [5.41, 5.74) is 1.07. The summed E-state index contributed by atoms with van der Waals surface area (Å²) in [7, 11) is 4.32. The van der Waals surface area contributed by atoms with E-state index in [4.69, 9.17) is 9.47 Å². The van der Waals surface area contributed by atoms with Gasteiger partial charge in [-0.25, -0.2) is 4.79 Å². The van der Waals surface area contributed by atoms with Crippen molar-refractivity contribution in [2.24, 2.45) is 0 Å². The quantitative estimate of drug-likeness (QED) is 0.805. The summed E-state index contributed by atoms with van der Waals surface area (Å²) in [6.07, 6.45) is -0.179. The molecule has 18 heavy (non-hydrogen) atoms. The van der Waals surface area contributed by atoms with Crippen molar-refractivity contribution in [2.45, 2.75) is 19.4 Å². The van der Waals surface area contributed by atoms with Gasteiger partial charge in [0.25, 0.3) is 0 Å². The third kappa shape index (κ3) is 3.13. The summed E-state index contributed by atoms with van der Waals surface area (Å²) in [4.78, 5) is 11.5. The van der Waals surface area contributed by atoms with E-state index in [0.29, 0.717) is 29.0 Å². The second-order valence-corrected chi connectivity index (χ2v) is 3.92. The van der Waals surface area contributed by atoms with Crippen LogP contribution in [0.5, 0.6) is 11.5 Å². The summed E-state index contributed by atoms with van der Waals surface area (Å²) in [6, 6.07) is 3.19. The standard InChI is InChI=1S/C13H18O5/c1-8(14)5-9-6-10(13(15)18-4)7-11(16-2)12(9)17-3/h6-8,14H,5H2,1-4H3. The monoisotopic (exact) mass is 254 g/mol. The van der Waals surface area contributed by atoms with Crippen molar-refractivity contribution in [1.29, 1.82) is 0 Å². The Kier molecular flexibility index (Phi) is 4.97. The molecule has 1 aromatic rings. The maximum absolute atomic E-state index is 11.5. The minimum absolute atomic E-state index is 0.365. The van der Waals surface area contributed by atoms with E-state index in [-0.39, 0.29) is 0 Å². The highest BCUT2D eigenvalue weighted by Gasteiger charge is 2.17. The maximum Gasteiger partial charge on any atom is 0.337 e. The second-order valence-electron chi connectivity index (χ2n) is 3.92. The SMILES string of the molecule is COC(=O)c1cc(CC(C)O)c(OC)c(OC)c1. The smallest absolute Gasteiger partial charge is 0.337 e. The van der Waals surface area contributed by atoms with E-state index in [1.54, 1.807) is 19.1 Å². The van der Waals surface area contributed by atoms with Gasteiger partial charge in [-0.2, -0.15) is 0 Å². The minimum Gasteiger partial charge on any atom is -0.493 e. The fourth-order valence-corrected chi connectivity index (χ4v) is 1.75. The zero-order valence-corrected chi connectivity index (χ0v) is 11.0. The molecule has 0 radical (unpaired) electrons. The Hall–Kier alpha value is -1.75. The van der Waals surface area contributed by atoms with Gasteiger partial charge in [-0.15, -0.1) is 0 Å². The first-order chi connectivity index (χ1) is 8.53. The highest BCUT2D eigenvalue weighted by molar-refractivity contribution is 5.90. The van der Waals surface area contributed by atoms with Crippen LogP contribution in [0.25, 0.3) is 0 Å². The van der Waals surface area contributed by atoms with Gasteiger partial charge in [0, 0.05) is 12.0 Å². The van der Waals surface area contributed by atoms with Crippen molar-refractivity contribution >= 4 is 5.97 Å². The van der Waals surface area contributed by atoms with Crippen LogP contribution >= 0.6 is 0 Å². The van der Waals surface area contributed by atoms with Crippen molar-refractivity contribution in [1.82, 2.24) is 0 Å². The zero-order valence-electron chi connectivity index (χ0n) is 11.0. The highest BCUT2D eigenvalue weighted by atomic mass is 16.5. The van der Waals surface area contributed by atoms with Gasteiger partial charge in [0.05, 0.1) is 33.0 Å². The summed E-state index contributed by atoms with van der Waals surface area (Å²) in [5.74, 6) is 0.505. The molecule has 0 aromatic heterocycles. The molecular weight excluding hydrogens is 236 g/mol. The molecule has 0 amide bonds. The largest absolute Gasteiger partial charge is 0.493 e. The number of carbonyl (C=O) groups is 1. The van der Waals surface area contributed by atoms with Crippen LogP contribution in [0.1, 0.15) is 22.8 Å². The van der Waals surface area contributed by atoms with Gasteiger partial charge in [0.2, 0.25) is 0 Å². The van der Waals surface area contributed by atoms with Gasteiger partial charge in [-0.05, 0) is 19.1 Å². The molecule has 0 aliphatic carbocycles. The van der Waals surface area contributed by atoms with Gasteiger partial charge in [0.15, 0.2) is 11.5 Å². The van der Waals surface area contributed by atoms with Crippen LogP contribution in [0.3, 0.4) is 0 Å². The van der Waals surface area contributed by atoms with Crippen molar-refractivity contribution < 1.29 is 24.1 Å². The summed E-state index contributed by atoms with van der Waals surface area (Å²) < 4.78 is 15.1. The van der Waals surface area contributed by atoms with E-state index in [2.05, 4.69) is 4.74 Å². The molecule has 0 heterocycles. The first kappa shape index (κ1) is 14.3. The lowest BCUT2D eigenvalue weighted by Crippen LogP contribution is -2.09.